The van der Waals surface area contributed by atoms with Crippen LogP contribution in [0.1, 0.15) is 79.6 Å². The maximum absolute atomic E-state index is 13.3. The minimum Gasteiger partial charge on any atom is -0.415 e. The summed E-state index contributed by atoms with van der Waals surface area (Å²) in [6.07, 6.45) is 4.96. The van der Waals surface area contributed by atoms with Gasteiger partial charge in [0.2, 0.25) is 11.8 Å². The fourth-order valence-corrected chi connectivity index (χ4v) is 5.04. The lowest BCUT2D eigenvalue weighted by Crippen LogP contribution is -2.53. The van der Waals surface area contributed by atoms with Gasteiger partial charge in [-0.2, -0.15) is 8.78 Å². The van der Waals surface area contributed by atoms with Crippen molar-refractivity contribution in [2.75, 3.05) is 0 Å². The number of benzene rings is 1. The van der Waals surface area contributed by atoms with Crippen LogP contribution in [0.15, 0.2) is 22.6 Å². The Balaban J connectivity index is 1.31. The van der Waals surface area contributed by atoms with E-state index in [1.807, 2.05) is 11.0 Å². The zero-order valence-electron chi connectivity index (χ0n) is 17.7. The van der Waals surface area contributed by atoms with Crippen molar-refractivity contribution in [1.82, 2.24) is 20.4 Å². The molecule has 5 rings (SSSR count). The van der Waals surface area contributed by atoms with E-state index in [2.05, 4.69) is 15.5 Å². The van der Waals surface area contributed by atoms with E-state index < -0.39 is 12.3 Å². The Morgan fingerprint density at radius 2 is 1.97 bits per heavy atom. The molecule has 2 aliphatic carbocycles. The molecule has 170 valence electrons. The lowest BCUT2D eigenvalue weighted by molar-refractivity contribution is -0.124. The predicted octanol–water partition coefficient (Wildman–Crippen LogP) is 4.25. The van der Waals surface area contributed by atoms with Crippen molar-refractivity contribution in [2.24, 2.45) is 5.92 Å². The minimum absolute atomic E-state index is 0.0341. The molecule has 2 aromatic rings. The molecule has 1 aromatic carbocycles. The summed E-state index contributed by atoms with van der Waals surface area (Å²) in [7, 11) is 0. The van der Waals surface area contributed by atoms with E-state index >= 15 is 0 Å². The highest BCUT2D eigenvalue weighted by Gasteiger charge is 2.39. The Morgan fingerprint density at radius 1 is 1.16 bits per heavy atom. The van der Waals surface area contributed by atoms with Gasteiger partial charge in [-0.05, 0) is 49.3 Å². The molecular formula is C23H26F2N4O3. The van der Waals surface area contributed by atoms with Crippen LogP contribution < -0.4 is 5.32 Å². The Labute approximate surface area is 184 Å². The standard InChI is InChI=1S/C23H26F2N4O3/c24-20(25)22-28-27-21(32-22)14-8-9-15-12-29(23(31)16(15)11-14)18-7-2-1-6-17(18)26-19(30)10-13-4-3-5-13/h8-9,11,13,17-18,20H,1-7,10,12H2,(H,26,30)/t17-,18-/m1/s1. The van der Waals surface area contributed by atoms with Crippen LogP contribution in [0.5, 0.6) is 0 Å². The molecule has 7 nitrogen and oxygen atoms in total. The molecule has 2 saturated carbocycles. The highest BCUT2D eigenvalue weighted by Crippen LogP contribution is 2.34. The van der Waals surface area contributed by atoms with Crippen LogP contribution in [-0.4, -0.2) is 39.0 Å². The topological polar surface area (TPSA) is 88.3 Å². The van der Waals surface area contributed by atoms with Gasteiger partial charge in [0.1, 0.15) is 0 Å². The quantitative estimate of drug-likeness (QED) is 0.720. The molecule has 2 amide bonds. The summed E-state index contributed by atoms with van der Waals surface area (Å²) < 4.78 is 30.6. The minimum atomic E-state index is -2.84. The van der Waals surface area contributed by atoms with Gasteiger partial charge >= 0.3 is 6.43 Å². The first-order chi connectivity index (χ1) is 15.5. The molecule has 2 fully saturated rings. The van der Waals surface area contributed by atoms with E-state index in [1.165, 1.54) is 6.42 Å². The molecule has 3 aliphatic rings. The number of nitrogens with zero attached hydrogens (tertiary/aromatic N) is 3. The lowest BCUT2D eigenvalue weighted by atomic mass is 9.82. The molecule has 2 atom stereocenters. The largest absolute Gasteiger partial charge is 0.415 e. The average molecular weight is 444 g/mol. The van der Waals surface area contributed by atoms with Crippen LogP contribution in [0.4, 0.5) is 8.78 Å². The van der Waals surface area contributed by atoms with E-state index in [9.17, 15) is 18.4 Å². The zero-order chi connectivity index (χ0) is 22.2. The predicted molar refractivity (Wildman–Crippen MR) is 111 cm³/mol. The van der Waals surface area contributed by atoms with Crippen molar-refractivity contribution in [2.45, 2.75) is 76.4 Å². The Kier molecular flexibility index (Phi) is 5.65. The third kappa shape index (κ3) is 4.00. The molecule has 0 bridgehead atoms. The smallest absolute Gasteiger partial charge is 0.314 e. The highest BCUT2D eigenvalue weighted by atomic mass is 19.3. The molecule has 1 N–H and O–H groups in total. The number of hydrogen-bond acceptors (Lipinski definition) is 5. The van der Waals surface area contributed by atoms with Crippen molar-refractivity contribution >= 4 is 11.8 Å². The monoisotopic (exact) mass is 444 g/mol. The van der Waals surface area contributed by atoms with Crippen molar-refractivity contribution in [1.29, 1.82) is 0 Å². The first-order valence-corrected chi connectivity index (χ1v) is 11.3. The third-order valence-corrected chi connectivity index (χ3v) is 6.99. The molecule has 0 radical (unpaired) electrons. The van der Waals surface area contributed by atoms with Crippen LogP contribution in [0.2, 0.25) is 0 Å². The number of nitrogens with one attached hydrogen (secondary N) is 1. The summed E-state index contributed by atoms with van der Waals surface area (Å²) in [5, 5.41) is 10.2. The van der Waals surface area contributed by atoms with E-state index in [4.69, 9.17) is 4.42 Å². The van der Waals surface area contributed by atoms with Crippen LogP contribution in [0.25, 0.3) is 11.5 Å². The van der Waals surface area contributed by atoms with Crippen molar-refractivity contribution in [3.8, 4) is 11.5 Å². The summed E-state index contributed by atoms with van der Waals surface area (Å²) in [5.74, 6) is -0.294. The number of carbonyl (C=O) groups excluding carboxylic acids is 2. The molecule has 9 heteroatoms. The van der Waals surface area contributed by atoms with Gasteiger partial charge in [-0.25, -0.2) is 0 Å². The number of fused-ring (bicyclic) bond motifs is 1. The van der Waals surface area contributed by atoms with E-state index in [-0.39, 0.29) is 29.8 Å². The summed E-state index contributed by atoms with van der Waals surface area (Å²) in [6.45, 7) is 0.472. The number of halogens is 2. The van der Waals surface area contributed by atoms with Crippen LogP contribution >= 0.6 is 0 Å². The second-order valence-electron chi connectivity index (χ2n) is 9.08. The second-order valence-corrected chi connectivity index (χ2v) is 9.08. The lowest BCUT2D eigenvalue weighted by Gasteiger charge is -2.38. The number of carbonyl (C=O) groups is 2. The van der Waals surface area contributed by atoms with Gasteiger partial charge in [-0.3, -0.25) is 9.59 Å². The number of rotatable bonds is 6. The molecule has 2 heterocycles. The number of amides is 2. The normalized spacial score (nSPS) is 23.3. The van der Waals surface area contributed by atoms with Gasteiger partial charge in [0, 0.05) is 30.1 Å². The van der Waals surface area contributed by atoms with Gasteiger partial charge in [0.25, 0.3) is 11.8 Å². The van der Waals surface area contributed by atoms with Crippen molar-refractivity contribution in [3.05, 3.63) is 35.2 Å². The Hall–Kier alpha value is -2.84. The van der Waals surface area contributed by atoms with Crippen LogP contribution in [-0.2, 0) is 11.3 Å². The third-order valence-electron chi connectivity index (χ3n) is 6.99. The first kappa shape index (κ1) is 21.0. The molecule has 32 heavy (non-hydrogen) atoms. The molecule has 0 spiro atoms. The number of hydrogen-bond donors (Lipinski definition) is 1. The fraction of sp³-hybridized carbons (Fsp3) is 0.565. The fourth-order valence-electron chi connectivity index (χ4n) is 5.04. The highest BCUT2D eigenvalue weighted by molar-refractivity contribution is 5.99. The zero-order valence-corrected chi connectivity index (χ0v) is 17.7. The number of aromatic nitrogens is 2. The second kappa shape index (κ2) is 8.60. The maximum atomic E-state index is 13.3. The van der Waals surface area contributed by atoms with Crippen molar-refractivity contribution in [3.63, 3.8) is 0 Å². The molecule has 1 aromatic heterocycles. The van der Waals surface area contributed by atoms with E-state index in [0.717, 1.165) is 44.1 Å². The summed E-state index contributed by atoms with van der Waals surface area (Å²) in [4.78, 5) is 27.7. The molecule has 1 aliphatic heterocycles. The molecule has 0 unspecified atom stereocenters. The Bertz CT molecular complexity index is 1020. The van der Waals surface area contributed by atoms with E-state index in [1.54, 1.807) is 12.1 Å². The van der Waals surface area contributed by atoms with Gasteiger partial charge in [-0.1, -0.05) is 25.3 Å². The maximum Gasteiger partial charge on any atom is 0.314 e. The first-order valence-electron chi connectivity index (χ1n) is 11.3. The van der Waals surface area contributed by atoms with Gasteiger partial charge in [-0.15, -0.1) is 10.2 Å². The van der Waals surface area contributed by atoms with Gasteiger partial charge in [0.05, 0.1) is 6.04 Å². The van der Waals surface area contributed by atoms with E-state index in [0.29, 0.717) is 30.0 Å². The molecular weight excluding hydrogens is 418 g/mol. The SMILES string of the molecule is O=C(CC1CCC1)N[C@@H]1CCCC[C@H]1N1Cc2ccc(-c3nnc(C(F)F)o3)cc2C1=O. The Morgan fingerprint density at radius 3 is 2.69 bits per heavy atom. The van der Waals surface area contributed by atoms with Crippen LogP contribution in [0, 0.1) is 5.92 Å². The average Bonchev–Trinajstić information content (AvgIpc) is 3.37. The summed E-state index contributed by atoms with van der Waals surface area (Å²) >= 11 is 0. The van der Waals surface area contributed by atoms with Gasteiger partial charge in [0.15, 0.2) is 0 Å². The van der Waals surface area contributed by atoms with Crippen LogP contribution in [0.3, 0.4) is 0 Å². The summed E-state index contributed by atoms with van der Waals surface area (Å²) in [5.41, 5.74) is 1.83. The van der Waals surface area contributed by atoms with Gasteiger partial charge < -0.3 is 14.6 Å². The number of alkyl halides is 2. The molecule has 0 saturated heterocycles. The summed E-state index contributed by atoms with van der Waals surface area (Å²) in [6, 6.07) is 5.05. The van der Waals surface area contributed by atoms with Crippen molar-refractivity contribution < 1.29 is 22.8 Å².